The van der Waals surface area contributed by atoms with Gasteiger partial charge < -0.3 is 10.1 Å². The van der Waals surface area contributed by atoms with Crippen molar-refractivity contribution in [1.29, 1.82) is 0 Å². The summed E-state index contributed by atoms with van der Waals surface area (Å²) < 4.78 is 5.18. The lowest BCUT2D eigenvalue weighted by atomic mass is 10.1. The zero-order chi connectivity index (χ0) is 16.3. The van der Waals surface area contributed by atoms with Gasteiger partial charge in [0.2, 0.25) is 0 Å². The SMILES string of the molecule is COc1c(Cl)ccc(Cl)c1C(=O)NCCc1sc(C)nc1C. The lowest BCUT2D eigenvalue weighted by Gasteiger charge is -2.12. The fourth-order valence-electron chi connectivity index (χ4n) is 2.13. The molecule has 4 nitrogen and oxygen atoms in total. The van der Waals surface area contributed by atoms with Crippen molar-refractivity contribution in [2.75, 3.05) is 13.7 Å². The number of methoxy groups -OCH3 is 1. The highest BCUT2D eigenvalue weighted by atomic mass is 35.5. The van der Waals surface area contributed by atoms with Crippen LogP contribution in [0.1, 0.15) is 25.9 Å². The molecule has 1 amide bonds. The lowest BCUT2D eigenvalue weighted by molar-refractivity contribution is 0.0951. The molecule has 22 heavy (non-hydrogen) atoms. The van der Waals surface area contributed by atoms with E-state index in [-0.39, 0.29) is 17.2 Å². The first-order valence-electron chi connectivity index (χ1n) is 6.67. The summed E-state index contributed by atoms with van der Waals surface area (Å²) in [4.78, 5) is 17.9. The molecule has 1 heterocycles. The maximum atomic E-state index is 12.3. The fourth-order valence-corrected chi connectivity index (χ4v) is 3.53. The summed E-state index contributed by atoms with van der Waals surface area (Å²) in [6, 6.07) is 3.18. The van der Waals surface area contributed by atoms with Crippen LogP contribution in [0.4, 0.5) is 0 Å². The van der Waals surface area contributed by atoms with E-state index in [4.69, 9.17) is 27.9 Å². The molecule has 1 N–H and O–H groups in total. The second kappa shape index (κ2) is 7.31. The molecule has 0 aliphatic heterocycles. The Hall–Kier alpha value is -1.30. The number of aryl methyl sites for hydroxylation is 2. The molecular weight excluding hydrogens is 343 g/mol. The number of nitrogens with one attached hydrogen (secondary N) is 1. The maximum absolute atomic E-state index is 12.3. The Morgan fingerprint density at radius 2 is 2.00 bits per heavy atom. The van der Waals surface area contributed by atoms with E-state index in [2.05, 4.69) is 10.3 Å². The minimum Gasteiger partial charge on any atom is -0.494 e. The van der Waals surface area contributed by atoms with Gasteiger partial charge in [0.1, 0.15) is 5.56 Å². The molecule has 0 atom stereocenters. The molecule has 2 rings (SSSR count). The van der Waals surface area contributed by atoms with Crippen LogP contribution < -0.4 is 10.1 Å². The summed E-state index contributed by atoms with van der Waals surface area (Å²) in [6.07, 6.45) is 0.726. The lowest BCUT2D eigenvalue weighted by Crippen LogP contribution is -2.26. The number of aromatic nitrogens is 1. The van der Waals surface area contributed by atoms with Gasteiger partial charge >= 0.3 is 0 Å². The predicted molar refractivity (Wildman–Crippen MR) is 90.6 cm³/mol. The number of hydrogen-bond acceptors (Lipinski definition) is 4. The molecule has 0 unspecified atom stereocenters. The van der Waals surface area contributed by atoms with E-state index in [9.17, 15) is 4.79 Å². The monoisotopic (exact) mass is 358 g/mol. The van der Waals surface area contributed by atoms with Crippen molar-refractivity contribution in [2.24, 2.45) is 0 Å². The van der Waals surface area contributed by atoms with Crippen LogP contribution in [-0.4, -0.2) is 24.5 Å². The molecule has 0 aliphatic rings. The number of amides is 1. The normalized spacial score (nSPS) is 10.6. The number of hydrogen-bond donors (Lipinski definition) is 1. The van der Waals surface area contributed by atoms with Gasteiger partial charge in [0.25, 0.3) is 5.91 Å². The maximum Gasteiger partial charge on any atom is 0.256 e. The van der Waals surface area contributed by atoms with Crippen molar-refractivity contribution < 1.29 is 9.53 Å². The summed E-state index contributed by atoms with van der Waals surface area (Å²) in [6.45, 7) is 4.43. The molecule has 1 aromatic heterocycles. The van der Waals surface area contributed by atoms with Crippen molar-refractivity contribution in [3.05, 3.63) is 43.3 Å². The third-order valence-electron chi connectivity index (χ3n) is 3.13. The number of carbonyl (C=O) groups is 1. The quantitative estimate of drug-likeness (QED) is 0.876. The van der Waals surface area contributed by atoms with Crippen LogP contribution in [0.15, 0.2) is 12.1 Å². The van der Waals surface area contributed by atoms with E-state index in [0.29, 0.717) is 16.6 Å². The second-order valence-corrected chi connectivity index (χ2v) is 6.79. The minimum atomic E-state index is -0.303. The van der Waals surface area contributed by atoms with E-state index in [1.807, 2.05) is 13.8 Å². The summed E-state index contributed by atoms with van der Waals surface area (Å²) in [7, 11) is 1.46. The third-order valence-corrected chi connectivity index (χ3v) is 4.87. The van der Waals surface area contributed by atoms with Crippen LogP contribution >= 0.6 is 34.5 Å². The molecule has 0 radical (unpaired) electrons. The van der Waals surface area contributed by atoms with Gasteiger partial charge in [-0.05, 0) is 26.0 Å². The van der Waals surface area contributed by atoms with Gasteiger partial charge in [-0.25, -0.2) is 4.98 Å². The smallest absolute Gasteiger partial charge is 0.256 e. The minimum absolute atomic E-state index is 0.258. The van der Waals surface area contributed by atoms with Crippen LogP contribution in [0.3, 0.4) is 0 Å². The second-order valence-electron chi connectivity index (χ2n) is 4.68. The average molecular weight is 359 g/mol. The molecule has 0 spiro atoms. The van der Waals surface area contributed by atoms with E-state index >= 15 is 0 Å². The Kier molecular flexibility index (Phi) is 5.67. The Bertz CT molecular complexity index is 701. The Labute approximate surface area is 143 Å². The molecular formula is C15H16Cl2N2O2S. The van der Waals surface area contributed by atoms with Crippen LogP contribution in [0.2, 0.25) is 10.0 Å². The zero-order valence-corrected chi connectivity index (χ0v) is 14.8. The van der Waals surface area contributed by atoms with Gasteiger partial charge in [0.15, 0.2) is 5.75 Å². The van der Waals surface area contributed by atoms with Gasteiger partial charge in [-0.3, -0.25) is 4.79 Å². The Morgan fingerprint density at radius 3 is 2.59 bits per heavy atom. The number of benzene rings is 1. The van der Waals surface area contributed by atoms with E-state index in [1.165, 1.54) is 12.0 Å². The predicted octanol–water partition coefficient (Wildman–Crippen LogP) is 4.05. The van der Waals surface area contributed by atoms with Gasteiger partial charge in [-0.15, -0.1) is 11.3 Å². The van der Waals surface area contributed by atoms with E-state index < -0.39 is 0 Å². The number of thiazole rings is 1. The summed E-state index contributed by atoms with van der Waals surface area (Å²) >= 11 is 13.8. The standard InChI is InChI=1S/C15H16Cl2N2O2S/c1-8-12(22-9(2)19-8)6-7-18-15(20)13-10(16)4-5-11(17)14(13)21-3/h4-5H,6-7H2,1-3H3,(H,18,20). The fraction of sp³-hybridized carbons (Fsp3) is 0.333. The van der Waals surface area contributed by atoms with Crippen LogP contribution in [0.25, 0.3) is 0 Å². The van der Waals surface area contributed by atoms with Crippen LogP contribution in [0.5, 0.6) is 5.75 Å². The average Bonchev–Trinajstić information content (AvgIpc) is 2.79. The number of halogens is 2. The first kappa shape index (κ1) is 17.1. The van der Waals surface area contributed by atoms with Crippen LogP contribution in [-0.2, 0) is 6.42 Å². The summed E-state index contributed by atoms with van der Waals surface area (Å²) in [5.74, 6) is -0.0141. The van der Waals surface area contributed by atoms with Gasteiger partial charge in [-0.1, -0.05) is 23.2 Å². The third kappa shape index (κ3) is 3.72. The molecule has 0 fully saturated rings. The van der Waals surface area contributed by atoms with Crippen molar-refractivity contribution in [2.45, 2.75) is 20.3 Å². The van der Waals surface area contributed by atoms with Crippen molar-refractivity contribution in [3.63, 3.8) is 0 Å². The summed E-state index contributed by atoms with van der Waals surface area (Å²) in [5, 5.41) is 4.53. The Morgan fingerprint density at radius 1 is 1.32 bits per heavy atom. The molecule has 1 aromatic carbocycles. The molecule has 2 aromatic rings. The highest BCUT2D eigenvalue weighted by Crippen LogP contribution is 2.33. The number of nitrogens with zero attached hydrogens (tertiary/aromatic N) is 1. The van der Waals surface area contributed by atoms with Crippen molar-refractivity contribution in [3.8, 4) is 5.75 Å². The number of carbonyl (C=O) groups excluding carboxylic acids is 1. The molecule has 0 saturated carbocycles. The topological polar surface area (TPSA) is 51.2 Å². The number of rotatable bonds is 5. The first-order valence-corrected chi connectivity index (χ1v) is 8.24. The highest BCUT2D eigenvalue weighted by Gasteiger charge is 2.19. The van der Waals surface area contributed by atoms with Gasteiger partial charge in [0.05, 0.1) is 27.9 Å². The van der Waals surface area contributed by atoms with Gasteiger partial charge in [-0.2, -0.15) is 0 Å². The zero-order valence-electron chi connectivity index (χ0n) is 12.5. The van der Waals surface area contributed by atoms with Crippen molar-refractivity contribution in [1.82, 2.24) is 10.3 Å². The van der Waals surface area contributed by atoms with Gasteiger partial charge in [0, 0.05) is 17.8 Å². The summed E-state index contributed by atoms with van der Waals surface area (Å²) in [5.41, 5.74) is 1.27. The number of ether oxygens (including phenoxy) is 1. The van der Waals surface area contributed by atoms with E-state index in [0.717, 1.165) is 17.1 Å². The van der Waals surface area contributed by atoms with E-state index in [1.54, 1.807) is 23.5 Å². The highest BCUT2D eigenvalue weighted by molar-refractivity contribution is 7.11. The first-order chi connectivity index (χ1) is 10.4. The molecule has 0 aliphatic carbocycles. The molecule has 0 saturated heterocycles. The molecule has 0 bridgehead atoms. The van der Waals surface area contributed by atoms with Crippen LogP contribution in [0, 0.1) is 13.8 Å². The van der Waals surface area contributed by atoms with Crippen molar-refractivity contribution >= 4 is 40.4 Å². The molecule has 7 heteroatoms. The molecule has 118 valence electrons. The largest absolute Gasteiger partial charge is 0.494 e. The Balaban J connectivity index is 2.07.